The third kappa shape index (κ3) is 3.46. The van der Waals surface area contributed by atoms with Crippen LogP contribution < -0.4 is 5.32 Å². The second kappa shape index (κ2) is 5.08. The summed E-state index contributed by atoms with van der Waals surface area (Å²) in [6.45, 7) is 2.16. The molecule has 1 fully saturated rings. The molecule has 3 nitrogen and oxygen atoms in total. The van der Waals surface area contributed by atoms with E-state index in [0.29, 0.717) is 5.75 Å². The number of benzene rings is 1. The Kier molecular flexibility index (Phi) is 3.72. The van der Waals surface area contributed by atoms with E-state index in [1.807, 2.05) is 12.1 Å². The summed E-state index contributed by atoms with van der Waals surface area (Å²) in [5.74, 6) is 0.586. The molecular weight excluding hydrogens is 234 g/mol. The molecule has 1 atom stereocenters. The Morgan fingerprint density at radius 3 is 2.53 bits per heavy atom. The van der Waals surface area contributed by atoms with E-state index in [0.717, 1.165) is 24.9 Å². The van der Waals surface area contributed by atoms with Gasteiger partial charge in [0.15, 0.2) is 9.84 Å². The molecule has 0 saturated carbocycles. The van der Waals surface area contributed by atoms with Crippen LogP contribution in [0.1, 0.15) is 25.3 Å². The van der Waals surface area contributed by atoms with Crippen molar-refractivity contribution in [3.05, 3.63) is 29.8 Å². The van der Waals surface area contributed by atoms with Gasteiger partial charge in [-0.1, -0.05) is 25.5 Å². The average Bonchev–Trinajstić information content (AvgIpc) is 2.61. The lowest BCUT2D eigenvalue weighted by molar-refractivity contribution is 0.602. The van der Waals surface area contributed by atoms with Crippen molar-refractivity contribution in [2.24, 2.45) is 0 Å². The van der Waals surface area contributed by atoms with E-state index in [9.17, 15) is 8.42 Å². The Morgan fingerprint density at radius 1 is 1.29 bits per heavy atom. The maximum Gasteiger partial charge on any atom is 0.152 e. The standard InChI is InChI=1S/C13H19NO2S/c1-2-3-11-4-6-12(7-5-11)14-13-8-9-17(15,16)10-13/h4-7,13-14H,2-3,8-10H2,1H3. The molecule has 1 heterocycles. The van der Waals surface area contributed by atoms with Crippen molar-refractivity contribution in [2.45, 2.75) is 32.2 Å². The molecule has 0 aromatic heterocycles. The second-order valence-corrected chi connectivity index (χ2v) is 6.92. The number of hydrogen-bond donors (Lipinski definition) is 1. The van der Waals surface area contributed by atoms with Crippen LogP contribution in [0.5, 0.6) is 0 Å². The minimum absolute atomic E-state index is 0.0806. The lowest BCUT2D eigenvalue weighted by Gasteiger charge is -2.12. The molecule has 0 spiro atoms. The zero-order chi connectivity index (χ0) is 12.3. The highest BCUT2D eigenvalue weighted by Crippen LogP contribution is 2.18. The molecule has 94 valence electrons. The van der Waals surface area contributed by atoms with Crippen molar-refractivity contribution >= 4 is 15.5 Å². The monoisotopic (exact) mass is 253 g/mol. The summed E-state index contributed by atoms with van der Waals surface area (Å²) >= 11 is 0. The molecule has 1 aliphatic rings. The van der Waals surface area contributed by atoms with Gasteiger partial charge in [-0.25, -0.2) is 8.42 Å². The Labute approximate surface area is 103 Å². The van der Waals surface area contributed by atoms with Crippen molar-refractivity contribution in [3.63, 3.8) is 0 Å². The summed E-state index contributed by atoms with van der Waals surface area (Å²) in [4.78, 5) is 0. The van der Waals surface area contributed by atoms with E-state index < -0.39 is 9.84 Å². The fourth-order valence-electron chi connectivity index (χ4n) is 2.20. The van der Waals surface area contributed by atoms with E-state index in [1.165, 1.54) is 5.56 Å². The van der Waals surface area contributed by atoms with Crippen LogP contribution in [0.25, 0.3) is 0 Å². The lowest BCUT2D eigenvalue weighted by Crippen LogP contribution is -2.20. The van der Waals surface area contributed by atoms with E-state index in [4.69, 9.17) is 0 Å². The zero-order valence-electron chi connectivity index (χ0n) is 10.1. The van der Waals surface area contributed by atoms with Gasteiger partial charge in [-0.15, -0.1) is 0 Å². The first-order valence-electron chi connectivity index (χ1n) is 6.15. The molecular formula is C13H19NO2S. The van der Waals surface area contributed by atoms with Gasteiger partial charge in [-0.3, -0.25) is 0 Å². The molecule has 0 aliphatic carbocycles. The van der Waals surface area contributed by atoms with E-state index >= 15 is 0 Å². The Bertz CT molecular complexity index is 465. The molecule has 0 amide bonds. The predicted octanol–water partition coefficient (Wildman–Crippen LogP) is 2.24. The highest BCUT2D eigenvalue weighted by Gasteiger charge is 2.27. The fourth-order valence-corrected chi connectivity index (χ4v) is 3.87. The summed E-state index contributed by atoms with van der Waals surface area (Å²) in [7, 11) is -2.79. The highest BCUT2D eigenvalue weighted by molar-refractivity contribution is 7.91. The Balaban J connectivity index is 1.95. The number of hydrogen-bond acceptors (Lipinski definition) is 3. The summed E-state index contributed by atoms with van der Waals surface area (Å²) in [6, 6.07) is 8.37. The normalized spacial score (nSPS) is 22.5. The molecule has 17 heavy (non-hydrogen) atoms. The van der Waals surface area contributed by atoms with Crippen LogP contribution in [0, 0.1) is 0 Å². The first-order valence-corrected chi connectivity index (χ1v) is 7.97. The van der Waals surface area contributed by atoms with Crippen LogP contribution in [0.2, 0.25) is 0 Å². The van der Waals surface area contributed by atoms with Crippen LogP contribution in [-0.4, -0.2) is 26.0 Å². The Morgan fingerprint density at radius 2 is 2.00 bits per heavy atom. The molecule has 1 aliphatic heterocycles. The van der Waals surface area contributed by atoms with Gasteiger partial charge in [0.05, 0.1) is 11.5 Å². The quantitative estimate of drug-likeness (QED) is 0.895. The third-order valence-corrected chi connectivity index (χ3v) is 4.86. The SMILES string of the molecule is CCCc1ccc(NC2CCS(=O)(=O)C2)cc1. The maximum absolute atomic E-state index is 11.3. The predicted molar refractivity (Wildman–Crippen MR) is 71.1 cm³/mol. The van der Waals surface area contributed by atoms with Gasteiger partial charge in [0.2, 0.25) is 0 Å². The minimum atomic E-state index is -2.79. The van der Waals surface area contributed by atoms with E-state index in [1.54, 1.807) is 0 Å². The van der Waals surface area contributed by atoms with Crippen LogP contribution in [0.3, 0.4) is 0 Å². The largest absolute Gasteiger partial charge is 0.381 e. The van der Waals surface area contributed by atoms with Gasteiger partial charge < -0.3 is 5.32 Å². The van der Waals surface area contributed by atoms with E-state index in [-0.39, 0.29) is 11.8 Å². The van der Waals surface area contributed by atoms with Gasteiger partial charge in [0.25, 0.3) is 0 Å². The molecule has 0 radical (unpaired) electrons. The first-order chi connectivity index (χ1) is 8.09. The summed E-state index contributed by atoms with van der Waals surface area (Å²) in [5.41, 5.74) is 2.35. The van der Waals surface area contributed by atoms with Gasteiger partial charge in [-0.05, 0) is 30.5 Å². The smallest absolute Gasteiger partial charge is 0.152 e. The summed E-state index contributed by atoms with van der Waals surface area (Å²) in [5, 5.41) is 3.29. The number of nitrogens with one attached hydrogen (secondary N) is 1. The minimum Gasteiger partial charge on any atom is -0.381 e. The Hall–Kier alpha value is -1.03. The number of rotatable bonds is 4. The average molecular weight is 253 g/mol. The summed E-state index contributed by atoms with van der Waals surface area (Å²) in [6.07, 6.45) is 2.96. The number of sulfone groups is 1. The van der Waals surface area contributed by atoms with Crippen molar-refractivity contribution in [3.8, 4) is 0 Å². The number of aryl methyl sites for hydroxylation is 1. The molecule has 1 unspecified atom stereocenters. The topological polar surface area (TPSA) is 46.2 Å². The van der Waals surface area contributed by atoms with Crippen molar-refractivity contribution in [2.75, 3.05) is 16.8 Å². The molecule has 1 aromatic rings. The van der Waals surface area contributed by atoms with Gasteiger partial charge in [0, 0.05) is 11.7 Å². The van der Waals surface area contributed by atoms with Crippen molar-refractivity contribution in [1.82, 2.24) is 0 Å². The van der Waals surface area contributed by atoms with Gasteiger partial charge >= 0.3 is 0 Å². The van der Waals surface area contributed by atoms with Crippen LogP contribution >= 0.6 is 0 Å². The maximum atomic E-state index is 11.3. The molecule has 1 aromatic carbocycles. The zero-order valence-corrected chi connectivity index (χ0v) is 11.0. The van der Waals surface area contributed by atoms with Gasteiger partial charge in [0.1, 0.15) is 0 Å². The highest BCUT2D eigenvalue weighted by atomic mass is 32.2. The summed E-state index contributed by atoms with van der Waals surface area (Å²) < 4.78 is 22.7. The number of anilines is 1. The van der Waals surface area contributed by atoms with Crippen LogP contribution in [0.15, 0.2) is 24.3 Å². The fraction of sp³-hybridized carbons (Fsp3) is 0.538. The van der Waals surface area contributed by atoms with Crippen molar-refractivity contribution < 1.29 is 8.42 Å². The molecule has 0 bridgehead atoms. The molecule has 1 N–H and O–H groups in total. The lowest BCUT2D eigenvalue weighted by atomic mass is 10.1. The first kappa shape index (κ1) is 12.4. The molecule has 2 rings (SSSR count). The third-order valence-electron chi connectivity index (χ3n) is 3.10. The van der Waals surface area contributed by atoms with Crippen LogP contribution in [-0.2, 0) is 16.3 Å². The second-order valence-electron chi connectivity index (χ2n) is 4.69. The van der Waals surface area contributed by atoms with Crippen molar-refractivity contribution in [1.29, 1.82) is 0 Å². The molecule has 4 heteroatoms. The van der Waals surface area contributed by atoms with Crippen LogP contribution in [0.4, 0.5) is 5.69 Å². The van der Waals surface area contributed by atoms with Gasteiger partial charge in [-0.2, -0.15) is 0 Å². The molecule has 1 saturated heterocycles. The van der Waals surface area contributed by atoms with E-state index in [2.05, 4.69) is 24.4 Å².